The van der Waals surface area contributed by atoms with Gasteiger partial charge in [0.1, 0.15) is 0 Å². The molecule has 0 amide bonds. The van der Waals surface area contributed by atoms with E-state index in [1.165, 1.54) is 74.5 Å². The van der Waals surface area contributed by atoms with E-state index >= 15 is 0 Å². The standard InChI is InChI=1S/C22H38.C6H12.C4H10.2C3H6.C2H6/c1-9-10-11-12-19(17(4)5)20-13-14-22(7,8)15-21(20)18(6)16(2)3;1-4-6(3)5-2;1-3-4-2;2*1-3-2;1-2/h12,17H,9-11,13-15H2,1-8H3;4H,5H2,1-3H3;3-4H2,1-2H3;2*3H,1H2,2H3;1-2H3/b19-12-;6-4+;;;;. The van der Waals surface area contributed by atoms with E-state index in [1.54, 1.807) is 28.9 Å². The molecule has 0 nitrogen and oxygen atoms in total. The molecule has 0 aromatic carbocycles. The summed E-state index contributed by atoms with van der Waals surface area (Å²) in [5, 5.41) is 0. The van der Waals surface area contributed by atoms with E-state index in [4.69, 9.17) is 0 Å². The average molecular weight is 559 g/mol. The fourth-order valence-corrected chi connectivity index (χ4v) is 3.64. The van der Waals surface area contributed by atoms with Crippen LogP contribution >= 0.6 is 0 Å². The maximum Gasteiger partial charge on any atom is -0.0219 e. The summed E-state index contributed by atoms with van der Waals surface area (Å²) in [5.74, 6) is 0.632. The monoisotopic (exact) mass is 559 g/mol. The molecule has 0 unspecified atom stereocenters. The molecule has 0 spiro atoms. The molecule has 0 fully saturated rings. The Kier molecular flexibility index (Phi) is 40.5. The smallest absolute Gasteiger partial charge is 0.0219 e. The molecule has 0 N–H and O–H groups in total. The zero-order chi connectivity index (χ0) is 32.7. The molecule has 0 aromatic heterocycles. The predicted octanol–water partition coefficient (Wildman–Crippen LogP) is 15.2. The minimum absolute atomic E-state index is 0.445. The SMILES string of the molecule is C/C=C(\C)CC.C=CC.C=CC.CC.CCCC.CCCC/C=C(\C1=C(C(C)=C(C)C)CC(C)(C)CC1)C(C)C. The highest BCUT2D eigenvalue weighted by atomic mass is 14.3. The third kappa shape index (κ3) is 29.4. The number of rotatable bonds is 8. The van der Waals surface area contributed by atoms with Crippen LogP contribution in [0.15, 0.2) is 70.9 Å². The third-order valence-corrected chi connectivity index (χ3v) is 6.72. The first-order valence-corrected chi connectivity index (χ1v) is 16.6. The van der Waals surface area contributed by atoms with E-state index in [-0.39, 0.29) is 0 Å². The molecule has 0 aliphatic heterocycles. The Morgan fingerprint density at radius 3 is 1.55 bits per heavy atom. The van der Waals surface area contributed by atoms with Crippen LogP contribution in [0.3, 0.4) is 0 Å². The van der Waals surface area contributed by atoms with Gasteiger partial charge in [0.2, 0.25) is 0 Å². The summed E-state index contributed by atoms with van der Waals surface area (Å²) in [7, 11) is 0. The molecular weight excluding hydrogens is 480 g/mol. The molecule has 0 heteroatoms. The second kappa shape index (κ2) is 33.6. The molecule has 1 aliphatic rings. The highest BCUT2D eigenvalue weighted by Gasteiger charge is 2.29. The predicted molar refractivity (Wildman–Crippen MR) is 195 cm³/mol. The molecule has 0 radical (unpaired) electrons. The van der Waals surface area contributed by atoms with Crippen molar-refractivity contribution in [2.45, 2.75) is 175 Å². The summed E-state index contributed by atoms with van der Waals surface area (Å²) in [5.41, 5.74) is 9.86. The highest BCUT2D eigenvalue weighted by Crippen LogP contribution is 2.45. The molecule has 0 saturated carbocycles. The van der Waals surface area contributed by atoms with Crippen LogP contribution in [-0.2, 0) is 0 Å². The zero-order valence-corrected chi connectivity index (χ0v) is 31.2. The van der Waals surface area contributed by atoms with Gasteiger partial charge in [-0.25, -0.2) is 0 Å². The van der Waals surface area contributed by atoms with Crippen LogP contribution in [0.5, 0.6) is 0 Å². The van der Waals surface area contributed by atoms with Gasteiger partial charge in [-0.2, -0.15) is 0 Å². The van der Waals surface area contributed by atoms with Gasteiger partial charge in [-0.15, -0.1) is 13.2 Å². The van der Waals surface area contributed by atoms with E-state index < -0.39 is 0 Å². The highest BCUT2D eigenvalue weighted by molar-refractivity contribution is 5.48. The van der Waals surface area contributed by atoms with Crippen molar-refractivity contribution in [3.8, 4) is 0 Å². The zero-order valence-electron chi connectivity index (χ0n) is 31.2. The van der Waals surface area contributed by atoms with Gasteiger partial charge in [-0.1, -0.05) is 130 Å². The van der Waals surface area contributed by atoms with Crippen molar-refractivity contribution in [1.82, 2.24) is 0 Å². The normalized spacial score (nSPS) is 13.8. The molecule has 40 heavy (non-hydrogen) atoms. The molecule has 0 bridgehead atoms. The van der Waals surface area contributed by atoms with Gasteiger partial charge in [-0.05, 0) is 114 Å². The van der Waals surface area contributed by atoms with Crippen LogP contribution in [0.25, 0.3) is 0 Å². The van der Waals surface area contributed by atoms with Crippen LogP contribution in [-0.4, -0.2) is 0 Å². The van der Waals surface area contributed by atoms with E-state index in [0.717, 1.165) is 0 Å². The van der Waals surface area contributed by atoms with E-state index in [1.807, 2.05) is 27.7 Å². The van der Waals surface area contributed by atoms with Gasteiger partial charge in [0.05, 0.1) is 0 Å². The Morgan fingerprint density at radius 1 is 0.825 bits per heavy atom. The van der Waals surface area contributed by atoms with Crippen molar-refractivity contribution in [2.24, 2.45) is 11.3 Å². The van der Waals surface area contributed by atoms with Crippen molar-refractivity contribution in [3.63, 3.8) is 0 Å². The molecule has 1 rings (SSSR count). The van der Waals surface area contributed by atoms with Gasteiger partial charge in [0.25, 0.3) is 0 Å². The summed E-state index contributed by atoms with van der Waals surface area (Å²) < 4.78 is 0. The van der Waals surface area contributed by atoms with Gasteiger partial charge >= 0.3 is 0 Å². The average Bonchev–Trinajstić information content (AvgIpc) is 2.92. The van der Waals surface area contributed by atoms with Gasteiger partial charge in [0.15, 0.2) is 0 Å². The Labute approximate surface area is 257 Å². The second-order valence-electron chi connectivity index (χ2n) is 11.7. The summed E-state index contributed by atoms with van der Waals surface area (Å²) in [6.07, 6.45) is 19.6. The second-order valence-corrected chi connectivity index (χ2v) is 11.7. The Balaban J connectivity index is -0.000000185. The van der Waals surface area contributed by atoms with Crippen LogP contribution < -0.4 is 0 Å². The summed E-state index contributed by atoms with van der Waals surface area (Å²) in [6, 6.07) is 0. The third-order valence-electron chi connectivity index (χ3n) is 6.72. The molecule has 0 aromatic rings. The maximum atomic E-state index is 3.36. The van der Waals surface area contributed by atoms with Crippen molar-refractivity contribution in [3.05, 3.63) is 70.9 Å². The van der Waals surface area contributed by atoms with E-state index in [0.29, 0.717) is 11.3 Å². The first kappa shape index (κ1) is 48.2. The lowest BCUT2D eigenvalue weighted by Gasteiger charge is -2.36. The van der Waals surface area contributed by atoms with Crippen LogP contribution in [0.1, 0.15) is 175 Å². The van der Waals surface area contributed by atoms with E-state index in [2.05, 4.69) is 115 Å². The molecule has 0 atom stereocenters. The summed E-state index contributed by atoms with van der Waals surface area (Å²) in [4.78, 5) is 0. The number of hydrogen-bond donors (Lipinski definition) is 0. The quantitative estimate of drug-likeness (QED) is 0.205. The van der Waals surface area contributed by atoms with Crippen molar-refractivity contribution in [1.29, 1.82) is 0 Å². The Hall–Kier alpha value is -1.56. The number of unbranched alkanes of at least 4 members (excludes halogenated alkanes) is 3. The lowest BCUT2D eigenvalue weighted by molar-refractivity contribution is 0.315. The van der Waals surface area contributed by atoms with Crippen molar-refractivity contribution >= 4 is 0 Å². The number of hydrogen-bond acceptors (Lipinski definition) is 0. The van der Waals surface area contributed by atoms with Gasteiger partial charge in [-0.3, -0.25) is 0 Å². The molecule has 1 aliphatic carbocycles. The topological polar surface area (TPSA) is 0 Å². The maximum absolute atomic E-state index is 3.36. The molecule has 238 valence electrons. The Bertz CT molecular complexity index is 688. The molecular formula is C40H78. The van der Waals surface area contributed by atoms with Gasteiger partial charge in [0, 0.05) is 0 Å². The van der Waals surface area contributed by atoms with E-state index in [9.17, 15) is 0 Å². The number of allylic oxidation sites excluding steroid dienone is 10. The van der Waals surface area contributed by atoms with Gasteiger partial charge < -0.3 is 0 Å². The largest absolute Gasteiger partial charge is 0.103 e. The first-order chi connectivity index (χ1) is 18.7. The van der Waals surface area contributed by atoms with Crippen LogP contribution in [0.2, 0.25) is 0 Å². The van der Waals surface area contributed by atoms with Crippen molar-refractivity contribution < 1.29 is 0 Å². The first-order valence-electron chi connectivity index (χ1n) is 16.6. The summed E-state index contributed by atoms with van der Waals surface area (Å²) >= 11 is 0. The molecule has 0 saturated heterocycles. The van der Waals surface area contributed by atoms with Crippen LogP contribution in [0.4, 0.5) is 0 Å². The lowest BCUT2D eigenvalue weighted by Crippen LogP contribution is -2.21. The Morgan fingerprint density at radius 2 is 1.27 bits per heavy atom. The summed E-state index contributed by atoms with van der Waals surface area (Å²) in [6.45, 7) is 43.9. The molecule has 0 heterocycles. The fraction of sp³-hybridized carbons (Fsp3) is 0.700. The fourth-order valence-electron chi connectivity index (χ4n) is 3.64. The minimum atomic E-state index is 0.445. The lowest BCUT2D eigenvalue weighted by atomic mass is 9.69. The minimum Gasteiger partial charge on any atom is -0.103 e. The van der Waals surface area contributed by atoms with Crippen molar-refractivity contribution in [2.75, 3.05) is 0 Å². The van der Waals surface area contributed by atoms with Crippen LogP contribution in [0, 0.1) is 11.3 Å².